The Labute approximate surface area is 119 Å². The van der Waals surface area contributed by atoms with Crippen LogP contribution in [0.4, 0.5) is 5.69 Å². The molecule has 2 fully saturated rings. The molecule has 1 atom stereocenters. The molecule has 0 spiro atoms. The van der Waals surface area contributed by atoms with E-state index < -0.39 is 0 Å². The van der Waals surface area contributed by atoms with Gasteiger partial charge >= 0.3 is 0 Å². The van der Waals surface area contributed by atoms with Crippen LogP contribution in [0.25, 0.3) is 0 Å². The number of rotatable bonds is 3. The lowest BCUT2D eigenvalue weighted by Gasteiger charge is -2.32. The van der Waals surface area contributed by atoms with Crippen LogP contribution >= 0.6 is 0 Å². The summed E-state index contributed by atoms with van der Waals surface area (Å²) in [6.07, 6.45) is 9.53. The van der Waals surface area contributed by atoms with Gasteiger partial charge in [0.1, 0.15) is 5.69 Å². The van der Waals surface area contributed by atoms with Crippen LogP contribution in [0.3, 0.4) is 0 Å². The van der Waals surface area contributed by atoms with Gasteiger partial charge in [-0.1, -0.05) is 18.0 Å². The van der Waals surface area contributed by atoms with E-state index in [0.29, 0.717) is 11.7 Å². The van der Waals surface area contributed by atoms with Crippen LogP contribution in [0.15, 0.2) is 23.5 Å². The van der Waals surface area contributed by atoms with Gasteiger partial charge in [0.2, 0.25) is 0 Å². The molecule has 0 amide bonds. The molecular formula is C15H22N4O. The minimum absolute atomic E-state index is 0.0951. The Balaban J connectivity index is 1.91. The molecule has 1 aromatic heterocycles. The lowest BCUT2D eigenvalue weighted by atomic mass is 9.95. The molecule has 20 heavy (non-hydrogen) atoms. The van der Waals surface area contributed by atoms with Gasteiger partial charge in [-0.15, -0.1) is 0 Å². The summed E-state index contributed by atoms with van der Waals surface area (Å²) >= 11 is 0. The Morgan fingerprint density at radius 2 is 2.10 bits per heavy atom. The third-order valence-corrected chi connectivity index (χ3v) is 4.69. The molecule has 2 aliphatic rings. The fourth-order valence-electron chi connectivity index (χ4n) is 3.80. The van der Waals surface area contributed by atoms with Crippen LogP contribution in [-0.2, 0) is 0 Å². The highest BCUT2D eigenvalue weighted by atomic mass is 16.4. The maximum atomic E-state index is 8.94. The first kappa shape index (κ1) is 13.2. The van der Waals surface area contributed by atoms with Crippen molar-refractivity contribution in [3.05, 3.63) is 24.0 Å². The zero-order chi connectivity index (χ0) is 13.9. The van der Waals surface area contributed by atoms with Crippen LogP contribution in [0, 0.1) is 5.92 Å². The molecule has 1 aromatic rings. The predicted molar refractivity (Wildman–Crippen MR) is 79.1 cm³/mol. The number of nitrogens with zero attached hydrogens (tertiary/aromatic N) is 3. The van der Waals surface area contributed by atoms with E-state index in [0.717, 1.165) is 18.2 Å². The van der Waals surface area contributed by atoms with Gasteiger partial charge < -0.3 is 15.8 Å². The Hall–Kier alpha value is -1.78. The normalized spacial score (nSPS) is 24.5. The zero-order valence-corrected chi connectivity index (χ0v) is 11.7. The summed E-state index contributed by atoms with van der Waals surface area (Å²) in [5.74, 6) is 0.885. The monoisotopic (exact) mass is 274 g/mol. The van der Waals surface area contributed by atoms with Gasteiger partial charge in [-0.25, -0.2) is 0 Å². The molecule has 0 radical (unpaired) electrons. The van der Waals surface area contributed by atoms with E-state index in [2.05, 4.69) is 15.0 Å². The zero-order valence-electron chi connectivity index (χ0n) is 11.7. The van der Waals surface area contributed by atoms with Crippen molar-refractivity contribution in [2.75, 3.05) is 11.4 Å². The molecule has 0 bridgehead atoms. The van der Waals surface area contributed by atoms with E-state index in [1.54, 1.807) is 6.20 Å². The Morgan fingerprint density at radius 1 is 1.30 bits per heavy atom. The first-order chi connectivity index (χ1) is 9.81. The summed E-state index contributed by atoms with van der Waals surface area (Å²) in [6, 6.07) is 4.55. The van der Waals surface area contributed by atoms with Crippen molar-refractivity contribution in [3.63, 3.8) is 0 Å². The SMILES string of the molecule is N/C(=N/O)c1ncccc1N1CCCC1C1CCCC1. The number of hydrogen-bond donors (Lipinski definition) is 2. The van der Waals surface area contributed by atoms with E-state index in [-0.39, 0.29) is 5.84 Å². The number of hydrogen-bond acceptors (Lipinski definition) is 4. The van der Waals surface area contributed by atoms with Gasteiger partial charge in [-0.05, 0) is 43.7 Å². The summed E-state index contributed by atoms with van der Waals surface area (Å²) in [6.45, 7) is 1.04. The van der Waals surface area contributed by atoms with Crippen LogP contribution in [0.2, 0.25) is 0 Å². The van der Waals surface area contributed by atoms with Crippen LogP contribution < -0.4 is 10.6 Å². The molecule has 1 saturated heterocycles. The molecule has 108 valence electrons. The fraction of sp³-hybridized carbons (Fsp3) is 0.600. The fourth-order valence-corrected chi connectivity index (χ4v) is 3.80. The molecule has 1 aliphatic heterocycles. The number of pyridine rings is 1. The van der Waals surface area contributed by atoms with Crippen molar-refractivity contribution in [1.29, 1.82) is 0 Å². The highest BCUT2D eigenvalue weighted by molar-refractivity contribution is 6.00. The largest absolute Gasteiger partial charge is 0.409 e. The molecule has 0 aromatic carbocycles. The van der Waals surface area contributed by atoms with E-state index in [9.17, 15) is 0 Å². The Kier molecular flexibility index (Phi) is 3.76. The van der Waals surface area contributed by atoms with Gasteiger partial charge in [0.15, 0.2) is 5.84 Å². The Bertz CT molecular complexity index is 496. The standard InChI is InChI=1S/C15H22N4O/c16-15(18-20)14-13(7-3-9-17-14)19-10-4-8-12(19)11-5-1-2-6-11/h3,7,9,11-12,20H,1-2,4-6,8,10H2,(H2,16,18). The summed E-state index contributed by atoms with van der Waals surface area (Å²) in [7, 11) is 0. The summed E-state index contributed by atoms with van der Waals surface area (Å²) in [5, 5.41) is 12.1. The van der Waals surface area contributed by atoms with E-state index >= 15 is 0 Å². The minimum atomic E-state index is 0.0951. The number of amidine groups is 1. The van der Waals surface area contributed by atoms with Crippen molar-refractivity contribution in [1.82, 2.24) is 4.98 Å². The second-order valence-electron chi connectivity index (χ2n) is 5.80. The maximum absolute atomic E-state index is 8.94. The molecule has 3 N–H and O–H groups in total. The summed E-state index contributed by atoms with van der Waals surface area (Å²) in [4.78, 5) is 6.72. The third-order valence-electron chi connectivity index (χ3n) is 4.69. The number of aromatic nitrogens is 1. The summed E-state index contributed by atoms with van der Waals surface area (Å²) in [5.41, 5.74) is 7.38. The van der Waals surface area contributed by atoms with Gasteiger partial charge in [-0.2, -0.15) is 0 Å². The molecule has 1 unspecified atom stereocenters. The minimum Gasteiger partial charge on any atom is -0.409 e. The highest BCUT2D eigenvalue weighted by Gasteiger charge is 2.34. The molecule has 5 nitrogen and oxygen atoms in total. The van der Waals surface area contributed by atoms with Crippen molar-refractivity contribution in [3.8, 4) is 0 Å². The lowest BCUT2D eigenvalue weighted by molar-refractivity contribution is 0.318. The average Bonchev–Trinajstić information content (AvgIpc) is 3.16. The smallest absolute Gasteiger partial charge is 0.190 e. The van der Waals surface area contributed by atoms with E-state index in [1.807, 2.05) is 12.1 Å². The predicted octanol–water partition coefficient (Wildman–Crippen LogP) is 2.34. The third kappa shape index (κ3) is 2.32. The highest BCUT2D eigenvalue weighted by Crippen LogP contribution is 2.38. The van der Waals surface area contributed by atoms with Crippen LogP contribution in [0.1, 0.15) is 44.2 Å². The van der Waals surface area contributed by atoms with Crippen molar-refractivity contribution >= 4 is 11.5 Å². The first-order valence-electron chi connectivity index (χ1n) is 7.51. The summed E-state index contributed by atoms with van der Waals surface area (Å²) < 4.78 is 0. The van der Waals surface area contributed by atoms with Gasteiger partial charge in [0.05, 0.1) is 5.69 Å². The topological polar surface area (TPSA) is 74.7 Å². The molecule has 1 saturated carbocycles. The van der Waals surface area contributed by atoms with Gasteiger partial charge in [0, 0.05) is 18.8 Å². The van der Waals surface area contributed by atoms with Crippen LogP contribution in [-0.4, -0.2) is 28.6 Å². The van der Waals surface area contributed by atoms with Crippen LogP contribution in [0.5, 0.6) is 0 Å². The molecule has 3 rings (SSSR count). The van der Waals surface area contributed by atoms with Crippen molar-refractivity contribution < 1.29 is 5.21 Å². The molecule has 2 heterocycles. The number of nitrogens with two attached hydrogens (primary N) is 1. The Morgan fingerprint density at radius 3 is 2.85 bits per heavy atom. The molecular weight excluding hydrogens is 252 g/mol. The van der Waals surface area contributed by atoms with E-state index in [1.165, 1.54) is 38.5 Å². The maximum Gasteiger partial charge on any atom is 0.190 e. The number of anilines is 1. The molecule has 1 aliphatic carbocycles. The first-order valence-corrected chi connectivity index (χ1v) is 7.51. The van der Waals surface area contributed by atoms with Crippen molar-refractivity contribution in [2.24, 2.45) is 16.8 Å². The number of oxime groups is 1. The van der Waals surface area contributed by atoms with E-state index in [4.69, 9.17) is 10.9 Å². The average molecular weight is 274 g/mol. The van der Waals surface area contributed by atoms with Crippen molar-refractivity contribution in [2.45, 2.75) is 44.6 Å². The second-order valence-corrected chi connectivity index (χ2v) is 5.80. The van der Waals surface area contributed by atoms with Gasteiger partial charge in [-0.3, -0.25) is 4.98 Å². The second kappa shape index (κ2) is 5.69. The quantitative estimate of drug-likeness (QED) is 0.384. The molecule has 5 heteroatoms. The van der Waals surface area contributed by atoms with Gasteiger partial charge in [0.25, 0.3) is 0 Å². The lowest BCUT2D eigenvalue weighted by Crippen LogP contribution is -2.36.